The lowest BCUT2D eigenvalue weighted by Crippen LogP contribution is -2.46. The van der Waals surface area contributed by atoms with Gasteiger partial charge in [-0.2, -0.15) is 5.10 Å². The van der Waals surface area contributed by atoms with E-state index < -0.39 is 12.0 Å². The van der Waals surface area contributed by atoms with Crippen molar-refractivity contribution in [1.82, 2.24) is 19.7 Å². The maximum Gasteiger partial charge on any atom is 0.326 e. The van der Waals surface area contributed by atoms with Crippen LogP contribution in [0, 0.1) is 12.8 Å². The predicted octanol–water partition coefficient (Wildman–Crippen LogP) is 3.18. The van der Waals surface area contributed by atoms with Gasteiger partial charge in [0.1, 0.15) is 6.04 Å². The highest BCUT2D eigenvalue weighted by Gasteiger charge is 2.48. The summed E-state index contributed by atoms with van der Waals surface area (Å²) in [6.07, 6.45) is 6.30. The Balaban J connectivity index is 1.80. The number of aliphatic carboxylic acids is 1. The molecule has 27 heavy (non-hydrogen) atoms. The fourth-order valence-electron chi connectivity index (χ4n) is 4.81. The number of carboxylic acid groups (broad SMARTS) is 1. The summed E-state index contributed by atoms with van der Waals surface area (Å²) in [4.78, 5) is 31.7. The molecule has 0 bridgehead atoms. The van der Waals surface area contributed by atoms with Gasteiger partial charge in [-0.3, -0.25) is 4.79 Å². The zero-order chi connectivity index (χ0) is 19.3. The van der Waals surface area contributed by atoms with Crippen LogP contribution in [0.4, 0.5) is 0 Å². The molecule has 3 atom stereocenters. The molecule has 2 aromatic heterocycles. The molecule has 2 fully saturated rings. The molecule has 2 aliphatic rings. The summed E-state index contributed by atoms with van der Waals surface area (Å²) in [6.45, 7) is 5.90. The van der Waals surface area contributed by atoms with Crippen molar-refractivity contribution in [3.63, 3.8) is 0 Å². The molecule has 144 valence electrons. The van der Waals surface area contributed by atoms with Crippen LogP contribution < -0.4 is 0 Å². The number of rotatable bonds is 3. The van der Waals surface area contributed by atoms with Crippen molar-refractivity contribution >= 4 is 22.9 Å². The highest BCUT2D eigenvalue weighted by atomic mass is 16.4. The van der Waals surface area contributed by atoms with E-state index in [1.807, 2.05) is 20.8 Å². The topological polar surface area (TPSA) is 88.3 Å². The van der Waals surface area contributed by atoms with Crippen LogP contribution in [0.3, 0.4) is 0 Å². The Hall–Kier alpha value is -2.44. The van der Waals surface area contributed by atoms with Crippen LogP contribution >= 0.6 is 0 Å². The summed E-state index contributed by atoms with van der Waals surface area (Å²) in [5.74, 6) is -0.811. The molecule has 0 radical (unpaired) electrons. The first kappa shape index (κ1) is 17.9. The van der Waals surface area contributed by atoms with Crippen molar-refractivity contribution in [2.75, 3.05) is 0 Å². The van der Waals surface area contributed by atoms with Gasteiger partial charge < -0.3 is 10.0 Å². The maximum atomic E-state index is 13.6. The number of hydrogen-bond acceptors (Lipinski definition) is 4. The third kappa shape index (κ3) is 2.89. The number of amides is 1. The third-order valence-electron chi connectivity index (χ3n) is 6.02. The molecule has 3 unspecified atom stereocenters. The number of nitrogens with zero attached hydrogens (tertiary/aromatic N) is 4. The van der Waals surface area contributed by atoms with Gasteiger partial charge in [0.25, 0.3) is 5.91 Å². The molecule has 1 N–H and O–H groups in total. The van der Waals surface area contributed by atoms with E-state index in [1.165, 1.54) is 0 Å². The number of hydrogen-bond donors (Lipinski definition) is 1. The number of carbonyl (C=O) groups excluding carboxylic acids is 1. The van der Waals surface area contributed by atoms with E-state index >= 15 is 0 Å². The molecule has 7 heteroatoms. The standard InChI is InChI=1S/C20H26N4O3/c1-11(2)24-18-15(10-21-24)14(8-12(3)22-18)19(25)23-16-7-5-4-6-13(16)9-17(23)20(26)27/h8,10-11,13,16-17H,4-7,9H2,1-3H3,(H,26,27). The van der Waals surface area contributed by atoms with Gasteiger partial charge in [0.05, 0.1) is 17.1 Å². The van der Waals surface area contributed by atoms with Gasteiger partial charge in [-0.25, -0.2) is 14.5 Å². The molecule has 1 saturated carbocycles. The average molecular weight is 370 g/mol. The number of likely N-dealkylation sites (tertiary alicyclic amines) is 1. The van der Waals surface area contributed by atoms with Crippen LogP contribution in [0.2, 0.25) is 0 Å². The van der Waals surface area contributed by atoms with Crippen LogP contribution in [0.15, 0.2) is 12.3 Å². The Kier molecular flexibility index (Phi) is 4.40. The van der Waals surface area contributed by atoms with Crippen LogP contribution in [0.25, 0.3) is 11.0 Å². The Bertz CT molecular complexity index is 904. The minimum absolute atomic E-state index is 0.0241. The van der Waals surface area contributed by atoms with Crippen molar-refractivity contribution in [1.29, 1.82) is 0 Å². The number of carboxylic acids is 1. The van der Waals surface area contributed by atoms with Gasteiger partial charge in [-0.05, 0) is 52.0 Å². The first-order valence-corrected chi connectivity index (χ1v) is 9.78. The van der Waals surface area contributed by atoms with Crippen molar-refractivity contribution in [2.24, 2.45) is 5.92 Å². The largest absolute Gasteiger partial charge is 0.480 e. The van der Waals surface area contributed by atoms with E-state index in [2.05, 4.69) is 10.1 Å². The lowest BCUT2D eigenvalue weighted by molar-refractivity contribution is -0.141. The summed E-state index contributed by atoms with van der Waals surface area (Å²) >= 11 is 0. The van der Waals surface area contributed by atoms with E-state index in [4.69, 9.17) is 0 Å². The zero-order valence-corrected chi connectivity index (χ0v) is 16.1. The second kappa shape index (κ2) is 6.62. The maximum absolute atomic E-state index is 13.6. The first-order chi connectivity index (χ1) is 12.9. The van der Waals surface area contributed by atoms with E-state index in [-0.39, 0.29) is 18.0 Å². The molecule has 7 nitrogen and oxygen atoms in total. The molecule has 3 heterocycles. The molecular formula is C20H26N4O3. The summed E-state index contributed by atoms with van der Waals surface area (Å²) in [7, 11) is 0. The SMILES string of the molecule is Cc1cc(C(=O)N2C(C(=O)O)CC3CCCCC32)c2cnn(C(C)C)c2n1. The Morgan fingerprint density at radius 2 is 2.00 bits per heavy atom. The molecule has 1 amide bonds. The molecule has 1 aliphatic carbocycles. The van der Waals surface area contributed by atoms with Crippen LogP contribution in [0.1, 0.15) is 68.0 Å². The third-order valence-corrected chi connectivity index (χ3v) is 6.02. The molecule has 0 spiro atoms. The van der Waals surface area contributed by atoms with Crippen LogP contribution in [-0.2, 0) is 4.79 Å². The number of aromatic nitrogens is 3. The number of carbonyl (C=O) groups is 2. The summed E-state index contributed by atoms with van der Waals surface area (Å²) in [5.41, 5.74) is 1.93. The van der Waals surface area contributed by atoms with Gasteiger partial charge in [0, 0.05) is 17.8 Å². The second-order valence-corrected chi connectivity index (χ2v) is 8.15. The lowest BCUT2D eigenvalue weighted by Gasteiger charge is -2.33. The first-order valence-electron chi connectivity index (χ1n) is 9.78. The summed E-state index contributed by atoms with van der Waals surface area (Å²) < 4.78 is 1.81. The highest BCUT2D eigenvalue weighted by molar-refractivity contribution is 6.07. The fourth-order valence-corrected chi connectivity index (χ4v) is 4.81. The monoisotopic (exact) mass is 370 g/mol. The molecule has 2 aromatic rings. The Labute approximate surface area is 158 Å². The van der Waals surface area contributed by atoms with Crippen LogP contribution in [-0.4, -0.2) is 48.7 Å². The van der Waals surface area contributed by atoms with E-state index in [1.54, 1.807) is 21.8 Å². The van der Waals surface area contributed by atoms with Gasteiger partial charge in [0.15, 0.2) is 5.65 Å². The predicted molar refractivity (Wildman–Crippen MR) is 101 cm³/mol. The van der Waals surface area contributed by atoms with E-state index in [9.17, 15) is 14.7 Å². The molecule has 4 rings (SSSR count). The number of pyridine rings is 1. The molecular weight excluding hydrogens is 344 g/mol. The summed E-state index contributed by atoms with van der Waals surface area (Å²) in [5, 5.41) is 14.9. The van der Waals surface area contributed by atoms with Crippen LogP contribution in [0.5, 0.6) is 0 Å². The van der Waals surface area contributed by atoms with E-state index in [0.29, 0.717) is 28.9 Å². The smallest absolute Gasteiger partial charge is 0.326 e. The van der Waals surface area contributed by atoms with Gasteiger partial charge >= 0.3 is 5.97 Å². The van der Waals surface area contributed by atoms with Crippen molar-refractivity contribution < 1.29 is 14.7 Å². The van der Waals surface area contributed by atoms with Crippen molar-refractivity contribution in [3.8, 4) is 0 Å². The highest BCUT2D eigenvalue weighted by Crippen LogP contribution is 2.41. The average Bonchev–Trinajstić information content (AvgIpc) is 3.21. The molecule has 0 aromatic carbocycles. The van der Waals surface area contributed by atoms with Gasteiger partial charge in [-0.1, -0.05) is 12.8 Å². The number of fused-ring (bicyclic) bond motifs is 2. The van der Waals surface area contributed by atoms with E-state index in [0.717, 1.165) is 31.4 Å². The Morgan fingerprint density at radius 3 is 2.70 bits per heavy atom. The zero-order valence-electron chi connectivity index (χ0n) is 16.1. The summed E-state index contributed by atoms with van der Waals surface area (Å²) in [6, 6.07) is 1.18. The number of aryl methyl sites for hydroxylation is 1. The van der Waals surface area contributed by atoms with Crippen molar-refractivity contribution in [2.45, 2.75) is 71.0 Å². The fraction of sp³-hybridized carbons (Fsp3) is 0.600. The quantitative estimate of drug-likeness (QED) is 0.896. The van der Waals surface area contributed by atoms with Gasteiger partial charge in [0.2, 0.25) is 0 Å². The second-order valence-electron chi connectivity index (χ2n) is 8.15. The Morgan fingerprint density at radius 1 is 1.26 bits per heavy atom. The minimum Gasteiger partial charge on any atom is -0.480 e. The van der Waals surface area contributed by atoms with Crippen molar-refractivity contribution in [3.05, 3.63) is 23.5 Å². The lowest BCUT2D eigenvalue weighted by atomic mass is 9.84. The van der Waals surface area contributed by atoms with Gasteiger partial charge in [-0.15, -0.1) is 0 Å². The molecule has 1 saturated heterocycles. The normalized spacial score (nSPS) is 25.2. The minimum atomic E-state index is -0.905. The molecule has 1 aliphatic heterocycles.